The number of nitrogens with two attached hydrogens (primary N) is 1. The molecule has 4 rings (SSSR count). The molecule has 0 aliphatic rings. The SMILES string of the molecule is NNC(=O)c1ccc(-c2ncn[nH]2)cc1C(=O)c1cc2cc(Cl)ccc2[nH]1. The number of H-pyrrole nitrogens is 2. The molecule has 0 fully saturated rings. The number of nitrogens with zero attached hydrogens (tertiary/aromatic N) is 2. The fourth-order valence-corrected chi connectivity index (χ4v) is 3.05. The number of carbonyl (C=O) groups excluding carboxylic acids is 2. The van der Waals surface area contributed by atoms with Crippen LogP contribution in [0.15, 0.2) is 48.8 Å². The van der Waals surface area contributed by atoms with Crippen LogP contribution in [0.5, 0.6) is 0 Å². The van der Waals surface area contributed by atoms with E-state index < -0.39 is 5.91 Å². The van der Waals surface area contributed by atoms with Crippen LogP contribution in [0.4, 0.5) is 0 Å². The molecule has 0 aliphatic heterocycles. The first-order valence-corrected chi connectivity index (χ1v) is 8.28. The summed E-state index contributed by atoms with van der Waals surface area (Å²) in [5.74, 6) is 4.81. The van der Waals surface area contributed by atoms with E-state index in [1.807, 2.05) is 0 Å². The van der Waals surface area contributed by atoms with Crippen molar-refractivity contribution >= 4 is 34.2 Å². The molecule has 0 aliphatic carbocycles. The van der Waals surface area contributed by atoms with Crippen LogP contribution in [0.2, 0.25) is 5.02 Å². The van der Waals surface area contributed by atoms with E-state index in [-0.39, 0.29) is 16.9 Å². The number of rotatable bonds is 4. The van der Waals surface area contributed by atoms with E-state index in [0.717, 1.165) is 10.9 Å². The molecule has 0 radical (unpaired) electrons. The predicted molar refractivity (Wildman–Crippen MR) is 100 cm³/mol. The maximum absolute atomic E-state index is 13.1. The molecule has 2 heterocycles. The van der Waals surface area contributed by atoms with Crippen molar-refractivity contribution in [1.29, 1.82) is 0 Å². The van der Waals surface area contributed by atoms with Crippen molar-refractivity contribution in [1.82, 2.24) is 25.6 Å². The van der Waals surface area contributed by atoms with Gasteiger partial charge in [0.15, 0.2) is 5.82 Å². The van der Waals surface area contributed by atoms with E-state index in [2.05, 4.69) is 25.6 Å². The van der Waals surface area contributed by atoms with E-state index in [1.165, 1.54) is 12.4 Å². The second-order valence-corrected chi connectivity index (χ2v) is 6.25. The summed E-state index contributed by atoms with van der Waals surface area (Å²) in [4.78, 5) is 32.4. The zero-order valence-corrected chi connectivity index (χ0v) is 14.5. The third-order valence-corrected chi connectivity index (χ3v) is 4.39. The smallest absolute Gasteiger partial charge is 0.265 e. The Balaban J connectivity index is 1.84. The number of nitrogens with one attached hydrogen (secondary N) is 3. The largest absolute Gasteiger partial charge is 0.352 e. The number of hydrogen-bond donors (Lipinski definition) is 4. The van der Waals surface area contributed by atoms with Gasteiger partial charge in [0.05, 0.1) is 11.3 Å². The van der Waals surface area contributed by atoms with E-state index >= 15 is 0 Å². The van der Waals surface area contributed by atoms with Crippen LogP contribution < -0.4 is 11.3 Å². The standard InChI is InChI=1S/C18H13ClN6O2/c19-11-2-4-14-10(5-11)7-15(23-14)16(26)13-6-9(17-21-8-22-25-17)1-3-12(13)18(27)24-20/h1-8,23H,20H2,(H,24,27)(H,21,22,25). The average Bonchev–Trinajstić information content (AvgIpc) is 3.35. The van der Waals surface area contributed by atoms with Gasteiger partial charge in [-0.15, -0.1) is 0 Å². The summed E-state index contributed by atoms with van der Waals surface area (Å²) in [5, 5.41) is 7.89. The summed E-state index contributed by atoms with van der Waals surface area (Å²) in [5.41, 5.74) is 4.11. The van der Waals surface area contributed by atoms with Gasteiger partial charge in [-0.2, -0.15) is 5.10 Å². The monoisotopic (exact) mass is 380 g/mol. The van der Waals surface area contributed by atoms with Gasteiger partial charge in [0.2, 0.25) is 5.78 Å². The van der Waals surface area contributed by atoms with Gasteiger partial charge in [-0.05, 0) is 36.4 Å². The molecule has 0 atom stereocenters. The third-order valence-electron chi connectivity index (χ3n) is 4.16. The number of ketones is 1. The molecule has 1 amide bonds. The maximum atomic E-state index is 13.1. The number of aromatic nitrogens is 4. The molecule has 2 aromatic carbocycles. The van der Waals surface area contributed by atoms with Crippen LogP contribution in [-0.4, -0.2) is 31.9 Å². The third kappa shape index (κ3) is 3.07. The molecule has 9 heteroatoms. The second-order valence-electron chi connectivity index (χ2n) is 5.81. The fraction of sp³-hybridized carbons (Fsp3) is 0. The number of nitrogen functional groups attached to an aromatic ring is 1. The Morgan fingerprint density at radius 1 is 1.07 bits per heavy atom. The van der Waals surface area contributed by atoms with Gasteiger partial charge in [0.25, 0.3) is 5.91 Å². The molecule has 0 saturated carbocycles. The second kappa shape index (κ2) is 6.67. The molecule has 27 heavy (non-hydrogen) atoms. The highest BCUT2D eigenvalue weighted by atomic mass is 35.5. The molecule has 8 nitrogen and oxygen atoms in total. The number of aromatic amines is 2. The van der Waals surface area contributed by atoms with E-state index in [1.54, 1.807) is 36.4 Å². The quantitative estimate of drug-likeness (QED) is 0.187. The van der Waals surface area contributed by atoms with Crippen molar-refractivity contribution in [3.8, 4) is 11.4 Å². The van der Waals surface area contributed by atoms with Crippen molar-refractivity contribution in [2.45, 2.75) is 0 Å². The Kier molecular flexibility index (Phi) is 4.19. The minimum Gasteiger partial charge on any atom is -0.352 e. The Morgan fingerprint density at radius 3 is 2.67 bits per heavy atom. The highest BCUT2D eigenvalue weighted by Gasteiger charge is 2.21. The van der Waals surface area contributed by atoms with Gasteiger partial charge < -0.3 is 4.98 Å². The lowest BCUT2D eigenvalue weighted by atomic mass is 9.98. The van der Waals surface area contributed by atoms with Crippen molar-refractivity contribution in [2.24, 2.45) is 5.84 Å². The summed E-state index contributed by atoms with van der Waals surface area (Å²) < 4.78 is 0. The summed E-state index contributed by atoms with van der Waals surface area (Å²) in [6.07, 6.45) is 1.36. The molecule has 0 spiro atoms. The van der Waals surface area contributed by atoms with Gasteiger partial charge in [-0.1, -0.05) is 17.7 Å². The molecular formula is C18H13ClN6O2. The Labute approximate surface area is 157 Å². The van der Waals surface area contributed by atoms with Gasteiger partial charge in [0, 0.05) is 27.1 Å². The van der Waals surface area contributed by atoms with E-state index in [9.17, 15) is 9.59 Å². The molecule has 0 unspecified atom stereocenters. The average molecular weight is 381 g/mol. The summed E-state index contributed by atoms with van der Waals surface area (Å²) in [6.45, 7) is 0. The molecule has 4 aromatic rings. The van der Waals surface area contributed by atoms with Crippen LogP contribution in [0.1, 0.15) is 26.4 Å². The van der Waals surface area contributed by atoms with Gasteiger partial charge in [-0.25, -0.2) is 10.8 Å². The molecule has 134 valence electrons. The maximum Gasteiger partial charge on any atom is 0.265 e. The van der Waals surface area contributed by atoms with Crippen molar-refractivity contribution in [2.75, 3.05) is 0 Å². The molecule has 0 bridgehead atoms. The fourth-order valence-electron chi connectivity index (χ4n) is 2.87. The van der Waals surface area contributed by atoms with Crippen LogP contribution in [-0.2, 0) is 0 Å². The molecule has 5 N–H and O–H groups in total. The van der Waals surface area contributed by atoms with Crippen LogP contribution in [0.3, 0.4) is 0 Å². The predicted octanol–water partition coefficient (Wildman–Crippen LogP) is 2.44. The highest BCUT2D eigenvalue weighted by molar-refractivity contribution is 6.31. The highest BCUT2D eigenvalue weighted by Crippen LogP contribution is 2.25. The molecular weight excluding hydrogens is 368 g/mol. The number of halogens is 1. The van der Waals surface area contributed by atoms with Crippen molar-refractivity contribution < 1.29 is 9.59 Å². The minimum atomic E-state index is -0.568. The Bertz CT molecular complexity index is 1170. The summed E-state index contributed by atoms with van der Waals surface area (Å²) >= 11 is 6.01. The Hall–Kier alpha value is -3.49. The summed E-state index contributed by atoms with van der Waals surface area (Å²) in [7, 11) is 0. The normalized spacial score (nSPS) is 10.9. The van der Waals surface area contributed by atoms with Gasteiger partial charge >= 0.3 is 0 Å². The van der Waals surface area contributed by atoms with E-state index in [0.29, 0.717) is 22.1 Å². The number of hydrogen-bond acceptors (Lipinski definition) is 5. The van der Waals surface area contributed by atoms with Gasteiger partial charge in [-0.3, -0.25) is 20.1 Å². The molecule has 0 saturated heterocycles. The minimum absolute atomic E-state index is 0.155. The van der Waals surface area contributed by atoms with Crippen LogP contribution >= 0.6 is 11.6 Å². The first-order valence-electron chi connectivity index (χ1n) is 7.90. The Morgan fingerprint density at radius 2 is 1.93 bits per heavy atom. The zero-order chi connectivity index (χ0) is 19.0. The van der Waals surface area contributed by atoms with Gasteiger partial charge in [0.1, 0.15) is 6.33 Å². The summed E-state index contributed by atoms with van der Waals surface area (Å²) in [6, 6.07) is 11.7. The number of fused-ring (bicyclic) bond motifs is 1. The van der Waals surface area contributed by atoms with Crippen molar-refractivity contribution in [3.05, 3.63) is 70.6 Å². The van der Waals surface area contributed by atoms with Crippen LogP contribution in [0.25, 0.3) is 22.3 Å². The number of hydrazine groups is 1. The molecule has 2 aromatic heterocycles. The van der Waals surface area contributed by atoms with Crippen LogP contribution in [0, 0.1) is 0 Å². The lowest BCUT2D eigenvalue weighted by Gasteiger charge is -2.08. The topological polar surface area (TPSA) is 130 Å². The number of amides is 1. The first-order chi connectivity index (χ1) is 13.1. The lowest BCUT2D eigenvalue weighted by molar-refractivity contribution is 0.0942. The lowest BCUT2D eigenvalue weighted by Crippen LogP contribution is -2.31. The first kappa shape index (κ1) is 17.0. The number of carbonyl (C=O) groups is 2. The van der Waals surface area contributed by atoms with E-state index in [4.69, 9.17) is 17.4 Å². The number of benzene rings is 2. The zero-order valence-electron chi connectivity index (χ0n) is 13.8. The van der Waals surface area contributed by atoms with Crippen molar-refractivity contribution in [3.63, 3.8) is 0 Å².